The van der Waals surface area contributed by atoms with Crippen LogP contribution in [0.3, 0.4) is 0 Å². The molecular formula is C5H9NO3. The predicted molar refractivity (Wildman–Crippen MR) is 32.1 cm³/mol. The average Bonchev–Trinajstić information content (AvgIpc) is 1.86. The normalized spacial score (nSPS) is 5.56. The number of nitrogens with zero attached hydrogens (tertiary/aromatic N) is 1. The third-order valence-electron chi connectivity index (χ3n) is 0.149. The molecule has 0 aromatic carbocycles. The summed E-state index contributed by atoms with van der Waals surface area (Å²) in [5.41, 5.74) is 0. The van der Waals surface area contributed by atoms with E-state index in [4.69, 9.17) is 4.79 Å². The van der Waals surface area contributed by atoms with Crippen LogP contribution < -0.4 is 0 Å². The lowest BCUT2D eigenvalue weighted by Gasteiger charge is -1.78. The lowest BCUT2D eigenvalue weighted by Crippen LogP contribution is -1.73. The van der Waals surface area contributed by atoms with Gasteiger partial charge in [-0.3, -0.25) is 0 Å². The highest BCUT2D eigenvalue weighted by atomic mass is 17.3. The van der Waals surface area contributed by atoms with Crippen LogP contribution in [0.4, 0.5) is 0 Å². The summed E-state index contributed by atoms with van der Waals surface area (Å²) >= 11 is 0. The van der Waals surface area contributed by atoms with Crippen LogP contribution in [-0.4, -0.2) is 13.2 Å². The second-order valence-corrected chi connectivity index (χ2v) is 0.832. The van der Waals surface area contributed by atoms with Gasteiger partial charge >= 0.3 is 0 Å². The van der Waals surface area contributed by atoms with Gasteiger partial charge in [0, 0.05) is 5.16 Å². The van der Waals surface area contributed by atoms with Gasteiger partial charge in [-0.2, -0.15) is 4.89 Å². The minimum atomic E-state index is 1.10. The fourth-order valence-corrected chi connectivity index (χ4v) is 0.0525. The number of hydrogen-bond donors (Lipinski definition) is 0. The van der Waals surface area contributed by atoms with E-state index in [9.17, 15) is 0 Å². The summed E-state index contributed by atoms with van der Waals surface area (Å²) < 4.78 is 0. The van der Waals surface area contributed by atoms with Crippen LogP contribution in [0, 0.1) is 0 Å². The summed E-state index contributed by atoms with van der Waals surface area (Å²) in [6.45, 7) is 5.25. The molecule has 9 heavy (non-hydrogen) atoms. The molecule has 0 amide bonds. The Kier molecular flexibility index (Phi) is 18.9. The van der Waals surface area contributed by atoms with Crippen LogP contribution in [0.25, 0.3) is 0 Å². The van der Waals surface area contributed by atoms with Gasteiger partial charge in [-0.1, -0.05) is 6.08 Å². The third-order valence-corrected chi connectivity index (χ3v) is 0.149. The summed E-state index contributed by atoms with van der Waals surface area (Å²) in [6.07, 6.45) is 2.85. The largest absolute Gasteiger partial charge is 0.280 e. The van der Waals surface area contributed by atoms with Crippen molar-refractivity contribution in [3.63, 3.8) is 0 Å². The molecule has 0 spiro atoms. The average molecular weight is 131 g/mol. The highest BCUT2D eigenvalue weighted by molar-refractivity contribution is 5.31. The van der Waals surface area contributed by atoms with Crippen LogP contribution in [0.2, 0.25) is 0 Å². The third kappa shape index (κ3) is 46.4. The molecule has 0 atom stereocenters. The van der Waals surface area contributed by atoms with E-state index in [1.165, 1.54) is 7.11 Å². The Morgan fingerprint density at radius 2 is 2.22 bits per heavy atom. The molecule has 0 saturated heterocycles. The molecule has 0 fully saturated rings. The van der Waals surface area contributed by atoms with Crippen molar-refractivity contribution in [2.75, 3.05) is 7.11 Å². The molecule has 0 heterocycles. The van der Waals surface area contributed by atoms with Gasteiger partial charge < -0.3 is 0 Å². The molecule has 4 nitrogen and oxygen atoms in total. The van der Waals surface area contributed by atoms with Crippen molar-refractivity contribution in [2.45, 2.75) is 6.92 Å². The lowest BCUT2D eigenvalue weighted by atomic mass is 10.8. The van der Waals surface area contributed by atoms with Gasteiger partial charge in [0.15, 0.2) is 0 Å². The van der Waals surface area contributed by atoms with Crippen molar-refractivity contribution in [2.24, 2.45) is 5.16 Å². The maximum absolute atomic E-state index is 9.07. The van der Waals surface area contributed by atoms with Crippen molar-refractivity contribution >= 4 is 6.08 Å². The Morgan fingerprint density at radius 3 is 2.33 bits per heavy atom. The van der Waals surface area contributed by atoms with Crippen LogP contribution in [-0.2, 0) is 14.7 Å². The Balaban J connectivity index is 0. The van der Waals surface area contributed by atoms with E-state index in [0.717, 1.165) is 6.08 Å². The minimum Gasteiger partial charge on any atom is -0.209 e. The summed E-state index contributed by atoms with van der Waals surface area (Å²) in [4.78, 5) is 16.6. The molecule has 0 aliphatic heterocycles. The van der Waals surface area contributed by atoms with E-state index < -0.39 is 0 Å². The van der Waals surface area contributed by atoms with Crippen molar-refractivity contribution in [3.05, 3.63) is 12.7 Å². The maximum Gasteiger partial charge on any atom is 0.280 e. The fraction of sp³-hybridized carbons (Fsp3) is 0.400. The van der Waals surface area contributed by atoms with Crippen LogP contribution >= 0.6 is 0 Å². The number of allylic oxidation sites excluding steroid dienone is 1. The molecule has 0 aliphatic carbocycles. The monoisotopic (exact) mass is 131 g/mol. The lowest BCUT2D eigenvalue weighted by molar-refractivity contribution is -0.273. The van der Waals surface area contributed by atoms with E-state index in [1.807, 2.05) is 6.92 Å². The summed E-state index contributed by atoms with van der Waals surface area (Å²) in [7, 11) is 1.24. The molecule has 0 radical (unpaired) electrons. The zero-order valence-corrected chi connectivity index (χ0v) is 5.46. The van der Waals surface area contributed by atoms with Crippen molar-refractivity contribution in [3.8, 4) is 0 Å². The molecule has 0 saturated carbocycles. The molecule has 4 heteroatoms. The number of carbonyl (C=O) groups excluding carboxylic acids is 1. The first kappa shape index (κ1) is 10.8. The van der Waals surface area contributed by atoms with Gasteiger partial charge in [0.25, 0.3) is 6.08 Å². The van der Waals surface area contributed by atoms with E-state index in [1.54, 1.807) is 6.08 Å². The van der Waals surface area contributed by atoms with E-state index in [-0.39, 0.29) is 0 Å². The molecule has 0 N–H and O–H groups in total. The zero-order chi connectivity index (χ0) is 7.54. The first-order valence-electron chi connectivity index (χ1n) is 2.17. The zero-order valence-electron chi connectivity index (χ0n) is 5.46. The van der Waals surface area contributed by atoms with E-state index >= 15 is 0 Å². The smallest absolute Gasteiger partial charge is 0.209 e. The standard InChI is InChI=1S/C3H6.C2H3NO3/c1-3-2;1-5-6-3-2-4/h3H,1H2,2H3;1H3. The Morgan fingerprint density at radius 1 is 1.78 bits per heavy atom. The van der Waals surface area contributed by atoms with Gasteiger partial charge in [0.05, 0.1) is 7.11 Å². The van der Waals surface area contributed by atoms with Crippen LogP contribution in [0.15, 0.2) is 17.8 Å². The first-order chi connectivity index (χ1) is 4.33. The molecule has 0 unspecified atom stereocenters. The van der Waals surface area contributed by atoms with Gasteiger partial charge in [-0.15, -0.1) is 6.58 Å². The Bertz CT molecular complexity index is 96.4. The van der Waals surface area contributed by atoms with E-state index in [0.29, 0.717) is 0 Å². The first-order valence-corrected chi connectivity index (χ1v) is 2.17. The Hall–Kier alpha value is -1.12. The topological polar surface area (TPSA) is 47.9 Å². The summed E-state index contributed by atoms with van der Waals surface area (Å²) in [5, 5.41) is 2.56. The van der Waals surface area contributed by atoms with Gasteiger partial charge in [0.1, 0.15) is 0 Å². The second kappa shape index (κ2) is 15.8. The minimum absolute atomic E-state index is 1.10. The molecule has 52 valence electrons. The maximum atomic E-state index is 9.07. The number of rotatable bonds is 2. The predicted octanol–water partition coefficient (Wildman–Crippen LogP) is 1.01. The van der Waals surface area contributed by atoms with Gasteiger partial charge in [-0.25, -0.2) is 9.78 Å². The molecule has 0 aromatic heterocycles. The van der Waals surface area contributed by atoms with E-state index in [2.05, 4.69) is 21.6 Å². The van der Waals surface area contributed by atoms with Gasteiger partial charge in [0.2, 0.25) is 0 Å². The quantitative estimate of drug-likeness (QED) is 0.185. The molecular weight excluding hydrogens is 122 g/mol. The summed E-state index contributed by atoms with van der Waals surface area (Å²) in [6, 6.07) is 0. The fourth-order valence-electron chi connectivity index (χ4n) is 0.0525. The number of isocyanates is 1. The Labute approximate surface area is 53.7 Å². The van der Waals surface area contributed by atoms with Crippen molar-refractivity contribution in [1.82, 2.24) is 0 Å². The van der Waals surface area contributed by atoms with Crippen LogP contribution in [0.1, 0.15) is 6.92 Å². The van der Waals surface area contributed by atoms with Crippen LogP contribution in [0.5, 0.6) is 0 Å². The number of hydrogen-bond acceptors (Lipinski definition) is 4. The van der Waals surface area contributed by atoms with Crippen molar-refractivity contribution < 1.29 is 14.7 Å². The SMILES string of the molecule is C=CC.COON=C=O. The molecule has 0 rings (SSSR count). The highest BCUT2D eigenvalue weighted by Crippen LogP contribution is 1.65. The van der Waals surface area contributed by atoms with Crippen molar-refractivity contribution in [1.29, 1.82) is 0 Å². The summed E-state index contributed by atoms with van der Waals surface area (Å²) in [5.74, 6) is 0. The van der Waals surface area contributed by atoms with Gasteiger partial charge in [-0.05, 0) is 6.92 Å². The highest BCUT2D eigenvalue weighted by Gasteiger charge is 1.61. The molecule has 0 aromatic rings. The molecule has 0 aliphatic rings. The second-order valence-electron chi connectivity index (χ2n) is 0.832. The molecule has 0 bridgehead atoms.